The van der Waals surface area contributed by atoms with Crippen LogP contribution >= 0.6 is 11.6 Å². The van der Waals surface area contributed by atoms with E-state index < -0.39 is 17.5 Å². The van der Waals surface area contributed by atoms with E-state index in [0.29, 0.717) is 45.5 Å². The molecule has 0 spiro atoms. The van der Waals surface area contributed by atoms with Crippen molar-refractivity contribution in [3.05, 3.63) is 69.4 Å². The zero-order valence-electron chi connectivity index (χ0n) is 17.8. The van der Waals surface area contributed by atoms with Crippen LogP contribution in [0.4, 0.5) is 0 Å². The smallest absolute Gasteiger partial charge is 0.339 e. The van der Waals surface area contributed by atoms with Crippen LogP contribution in [0.5, 0.6) is 5.75 Å². The number of ether oxygens (including phenoxy) is 2. The Bertz CT molecular complexity index is 1430. The molecular weight excluding hydrogens is 448 g/mol. The number of aromatic nitrogens is 4. The normalized spacial score (nSPS) is 14.6. The van der Waals surface area contributed by atoms with Gasteiger partial charge in [-0.2, -0.15) is 5.10 Å². The van der Waals surface area contributed by atoms with Crippen LogP contribution < -0.4 is 10.2 Å². The van der Waals surface area contributed by atoms with Crippen molar-refractivity contribution in [2.75, 3.05) is 13.7 Å². The Morgan fingerprint density at radius 1 is 1.30 bits per heavy atom. The summed E-state index contributed by atoms with van der Waals surface area (Å²) in [6.45, 7) is 0.856. The second-order valence-electron chi connectivity index (χ2n) is 8.08. The summed E-state index contributed by atoms with van der Waals surface area (Å²) in [5.41, 5.74) is 1.19. The van der Waals surface area contributed by atoms with Gasteiger partial charge in [0, 0.05) is 24.8 Å². The lowest BCUT2D eigenvalue weighted by Gasteiger charge is -2.14. The number of pyridine rings is 1. The number of methoxy groups -OCH3 is 1. The van der Waals surface area contributed by atoms with Crippen LogP contribution in [0.1, 0.15) is 30.3 Å². The molecule has 1 fully saturated rings. The number of carboxylic acid groups (broad SMARTS) is 1. The molecule has 9 nitrogen and oxygen atoms in total. The van der Waals surface area contributed by atoms with Crippen LogP contribution in [0.25, 0.3) is 16.6 Å². The van der Waals surface area contributed by atoms with Crippen LogP contribution in [0.3, 0.4) is 0 Å². The zero-order chi connectivity index (χ0) is 23.1. The van der Waals surface area contributed by atoms with Crippen molar-refractivity contribution < 1.29 is 19.4 Å². The average Bonchev–Trinajstić information content (AvgIpc) is 3.55. The first-order valence-corrected chi connectivity index (χ1v) is 10.9. The molecule has 33 heavy (non-hydrogen) atoms. The van der Waals surface area contributed by atoms with E-state index in [9.17, 15) is 14.7 Å². The standard InChI is InChI=1S/C23H21ClN4O5/c1-32-22(23(30)31)20-21(29)15-4-2-3-5-17(15)28(26-20)10-14-9-27-11-18(33-12-13-6-7-13)16(24)8-19(27)25-14/h2-5,8-9,11,13,22H,6-7,10,12H2,1H3,(H,30,31). The van der Waals surface area contributed by atoms with E-state index in [1.54, 1.807) is 41.2 Å². The lowest BCUT2D eigenvalue weighted by molar-refractivity contribution is -0.149. The second-order valence-corrected chi connectivity index (χ2v) is 8.49. The third-order valence-electron chi connectivity index (χ3n) is 5.64. The van der Waals surface area contributed by atoms with Gasteiger partial charge in [-0.1, -0.05) is 23.7 Å². The number of carboxylic acids is 1. The summed E-state index contributed by atoms with van der Waals surface area (Å²) in [6, 6.07) is 8.64. The molecule has 0 amide bonds. The molecule has 1 N–H and O–H groups in total. The zero-order valence-corrected chi connectivity index (χ0v) is 18.5. The SMILES string of the molecule is COC(C(=O)O)c1nn(Cc2cn3cc(OCC4CC4)c(Cl)cc3n2)c2ccccc2c1=O. The van der Waals surface area contributed by atoms with Crippen LogP contribution in [-0.4, -0.2) is 44.0 Å². The maximum absolute atomic E-state index is 12.9. The highest BCUT2D eigenvalue weighted by Gasteiger charge is 2.26. The fraction of sp³-hybridized carbons (Fsp3) is 0.304. The molecule has 1 aliphatic carbocycles. The molecule has 3 heterocycles. The molecule has 0 bridgehead atoms. The molecule has 4 aromatic rings. The number of carbonyl (C=O) groups is 1. The number of aliphatic carboxylic acids is 1. The topological polar surface area (TPSA) is 108 Å². The van der Waals surface area contributed by atoms with Gasteiger partial charge in [0.15, 0.2) is 5.75 Å². The van der Waals surface area contributed by atoms with Gasteiger partial charge in [0.1, 0.15) is 11.3 Å². The number of hydrogen-bond donors (Lipinski definition) is 1. The van der Waals surface area contributed by atoms with Crippen molar-refractivity contribution in [2.45, 2.75) is 25.5 Å². The minimum Gasteiger partial charge on any atom is -0.490 e. The number of hydrogen-bond acceptors (Lipinski definition) is 6. The predicted molar refractivity (Wildman–Crippen MR) is 121 cm³/mol. The van der Waals surface area contributed by atoms with Gasteiger partial charge in [-0.3, -0.25) is 9.48 Å². The van der Waals surface area contributed by atoms with E-state index >= 15 is 0 Å². The largest absolute Gasteiger partial charge is 0.490 e. The van der Waals surface area contributed by atoms with Gasteiger partial charge >= 0.3 is 5.97 Å². The van der Waals surface area contributed by atoms with Crippen LogP contribution in [0.15, 0.2) is 47.5 Å². The molecule has 3 aromatic heterocycles. The number of imidazole rings is 1. The van der Waals surface area contributed by atoms with Gasteiger partial charge in [-0.15, -0.1) is 0 Å². The molecule has 1 aromatic carbocycles. The second kappa shape index (κ2) is 8.49. The molecule has 0 aliphatic heterocycles. The fourth-order valence-electron chi connectivity index (χ4n) is 3.75. The summed E-state index contributed by atoms with van der Waals surface area (Å²) in [7, 11) is 1.23. The molecule has 0 saturated heterocycles. The van der Waals surface area contributed by atoms with Crippen LogP contribution in [0.2, 0.25) is 5.02 Å². The van der Waals surface area contributed by atoms with E-state index in [1.807, 2.05) is 10.6 Å². The minimum atomic E-state index is -1.47. The summed E-state index contributed by atoms with van der Waals surface area (Å²) >= 11 is 6.37. The highest BCUT2D eigenvalue weighted by molar-refractivity contribution is 6.32. The number of nitrogens with zero attached hydrogens (tertiary/aromatic N) is 4. The van der Waals surface area contributed by atoms with E-state index in [2.05, 4.69) is 10.1 Å². The highest BCUT2D eigenvalue weighted by Crippen LogP contribution is 2.32. The monoisotopic (exact) mass is 468 g/mol. The summed E-state index contributed by atoms with van der Waals surface area (Å²) < 4.78 is 14.3. The first kappa shape index (κ1) is 21.4. The summed E-state index contributed by atoms with van der Waals surface area (Å²) in [5.74, 6) is -0.0885. The Kier molecular flexibility index (Phi) is 5.51. The maximum Gasteiger partial charge on any atom is 0.339 e. The van der Waals surface area contributed by atoms with E-state index in [-0.39, 0.29) is 12.2 Å². The average molecular weight is 469 g/mol. The van der Waals surface area contributed by atoms with E-state index in [1.165, 1.54) is 20.0 Å². The molecule has 170 valence electrons. The first-order chi connectivity index (χ1) is 15.9. The van der Waals surface area contributed by atoms with Gasteiger partial charge < -0.3 is 19.0 Å². The number of halogens is 1. The van der Waals surface area contributed by atoms with Gasteiger partial charge in [-0.05, 0) is 30.9 Å². The number of fused-ring (bicyclic) bond motifs is 2. The van der Waals surface area contributed by atoms with Gasteiger partial charge in [0.2, 0.25) is 11.5 Å². The lowest BCUT2D eigenvalue weighted by atomic mass is 10.1. The molecule has 1 atom stereocenters. The number of rotatable bonds is 8. The Balaban J connectivity index is 1.54. The van der Waals surface area contributed by atoms with Crippen molar-refractivity contribution in [1.82, 2.24) is 19.2 Å². The van der Waals surface area contributed by atoms with Gasteiger partial charge in [0.25, 0.3) is 0 Å². The molecule has 1 aliphatic rings. The third-order valence-corrected chi connectivity index (χ3v) is 5.93. The predicted octanol–water partition coefficient (Wildman–Crippen LogP) is 3.31. The molecule has 10 heteroatoms. The Labute approximate surface area is 193 Å². The van der Waals surface area contributed by atoms with Gasteiger partial charge in [-0.25, -0.2) is 9.78 Å². The van der Waals surface area contributed by atoms with Crippen molar-refractivity contribution in [1.29, 1.82) is 0 Å². The lowest BCUT2D eigenvalue weighted by Crippen LogP contribution is -2.27. The molecule has 1 unspecified atom stereocenters. The molecule has 5 rings (SSSR count). The van der Waals surface area contributed by atoms with Crippen LogP contribution in [0, 0.1) is 5.92 Å². The summed E-state index contributed by atoms with van der Waals surface area (Å²) in [5, 5.41) is 14.7. The van der Waals surface area contributed by atoms with Crippen molar-refractivity contribution in [3.63, 3.8) is 0 Å². The van der Waals surface area contributed by atoms with Crippen molar-refractivity contribution in [2.24, 2.45) is 5.92 Å². The van der Waals surface area contributed by atoms with E-state index in [0.717, 1.165) is 0 Å². The van der Waals surface area contributed by atoms with E-state index in [4.69, 9.17) is 21.1 Å². The van der Waals surface area contributed by atoms with Crippen LogP contribution in [-0.2, 0) is 16.1 Å². The first-order valence-electron chi connectivity index (χ1n) is 10.5. The third kappa shape index (κ3) is 4.17. The summed E-state index contributed by atoms with van der Waals surface area (Å²) in [4.78, 5) is 29.1. The Morgan fingerprint density at radius 3 is 2.82 bits per heavy atom. The maximum atomic E-state index is 12.9. The van der Waals surface area contributed by atoms with Crippen molar-refractivity contribution >= 4 is 34.1 Å². The number of para-hydroxylation sites is 1. The van der Waals surface area contributed by atoms with Crippen molar-refractivity contribution in [3.8, 4) is 5.75 Å². The summed E-state index contributed by atoms with van der Waals surface area (Å²) in [6.07, 6.45) is 4.52. The molecule has 0 radical (unpaired) electrons. The Hall–Kier alpha value is -3.43. The molecule has 1 saturated carbocycles. The quantitative estimate of drug-likeness (QED) is 0.422. The Morgan fingerprint density at radius 2 is 2.09 bits per heavy atom. The minimum absolute atomic E-state index is 0.189. The highest BCUT2D eigenvalue weighted by atomic mass is 35.5. The molecular formula is C23H21ClN4O5. The fourth-order valence-corrected chi connectivity index (χ4v) is 3.95. The number of benzene rings is 1. The van der Waals surface area contributed by atoms with Gasteiger partial charge in [0.05, 0.1) is 35.6 Å².